The van der Waals surface area contributed by atoms with Gasteiger partial charge in [-0.15, -0.1) is 0 Å². The van der Waals surface area contributed by atoms with E-state index in [4.69, 9.17) is 11.6 Å². The molecule has 2 rings (SSSR count). The van der Waals surface area contributed by atoms with E-state index in [-0.39, 0.29) is 5.91 Å². The summed E-state index contributed by atoms with van der Waals surface area (Å²) in [4.78, 5) is 12.0. The fourth-order valence-electron chi connectivity index (χ4n) is 1.53. The molecule has 0 radical (unpaired) electrons. The first-order valence-corrected chi connectivity index (χ1v) is 6.56. The van der Waals surface area contributed by atoms with E-state index in [1.54, 1.807) is 24.3 Å². The summed E-state index contributed by atoms with van der Waals surface area (Å²) >= 11 is 9.20. The van der Waals surface area contributed by atoms with Crippen molar-refractivity contribution in [2.75, 3.05) is 5.32 Å². The highest BCUT2D eigenvalue weighted by molar-refractivity contribution is 9.10. The van der Waals surface area contributed by atoms with E-state index in [1.807, 2.05) is 25.1 Å². The number of aryl methyl sites for hydroxylation is 1. The lowest BCUT2D eigenvalue weighted by Gasteiger charge is -2.07. The van der Waals surface area contributed by atoms with Crippen molar-refractivity contribution in [3.63, 3.8) is 0 Å². The topological polar surface area (TPSA) is 29.1 Å². The molecule has 0 atom stereocenters. The number of hydrogen-bond donors (Lipinski definition) is 1. The SMILES string of the molecule is Cc1cc(NC(=O)c2ccc(Cl)cc2)ccc1Br. The molecule has 2 nitrogen and oxygen atoms in total. The Morgan fingerprint density at radius 2 is 1.83 bits per heavy atom. The van der Waals surface area contributed by atoms with E-state index in [0.29, 0.717) is 10.6 Å². The van der Waals surface area contributed by atoms with Gasteiger partial charge in [-0.2, -0.15) is 0 Å². The van der Waals surface area contributed by atoms with E-state index in [1.165, 1.54) is 0 Å². The Labute approximate surface area is 119 Å². The van der Waals surface area contributed by atoms with Crippen LogP contribution in [0.2, 0.25) is 5.02 Å². The molecular formula is C14H11BrClNO. The Morgan fingerprint density at radius 1 is 1.17 bits per heavy atom. The number of carbonyl (C=O) groups excluding carboxylic acids is 1. The van der Waals surface area contributed by atoms with Crippen molar-refractivity contribution in [2.45, 2.75) is 6.92 Å². The van der Waals surface area contributed by atoms with Crippen molar-refractivity contribution < 1.29 is 4.79 Å². The number of amides is 1. The molecule has 92 valence electrons. The largest absolute Gasteiger partial charge is 0.322 e. The molecule has 1 amide bonds. The highest BCUT2D eigenvalue weighted by Crippen LogP contribution is 2.20. The van der Waals surface area contributed by atoms with E-state index in [9.17, 15) is 4.79 Å². The molecule has 0 heterocycles. The second-order valence-electron chi connectivity index (χ2n) is 3.92. The third kappa shape index (κ3) is 3.12. The zero-order valence-corrected chi connectivity index (χ0v) is 12.0. The van der Waals surface area contributed by atoms with Crippen LogP contribution in [0.25, 0.3) is 0 Å². The van der Waals surface area contributed by atoms with Crippen LogP contribution in [0, 0.1) is 6.92 Å². The van der Waals surface area contributed by atoms with Crippen LogP contribution in [0.4, 0.5) is 5.69 Å². The summed E-state index contributed by atoms with van der Waals surface area (Å²) < 4.78 is 1.02. The van der Waals surface area contributed by atoms with Crippen molar-refractivity contribution in [3.8, 4) is 0 Å². The summed E-state index contributed by atoms with van der Waals surface area (Å²) in [5.41, 5.74) is 2.43. The Kier molecular flexibility index (Phi) is 4.04. The second-order valence-corrected chi connectivity index (χ2v) is 5.22. The van der Waals surface area contributed by atoms with Crippen LogP contribution in [0.15, 0.2) is 46.9 Å². The number of halogens is 2. The minimum Gasteiger partial charge on any atom is -0.322 e. The molecule has 2 aromatic carbocycles. The Hall–Kier alpha value is -1.32. The molecular weight excluding hydrogens is 314 g/mol. The molecule has 0 saturated heterocycles. The van der Waals surface area contributed by atoms with Gasteiger partial charge >= 0.3 is 0 Å². The van der Waals surface area contributed by atoms with Crippen molar-refractivity contribution in [1.82, 2.24) is 0 Å². The lowest BCUT2D eigenvalue weighted by atomic mass is 10.2. The molecule has 2 aromatic rings. The van der Waals surface area contributed by atoms with Crippen LogP contribution in [0.3, 0.4) is 0 Å². The van der Waals surface area contributed by atoms with Crippen LogP contribution < -0.4 is 5.32 Å². The summed E-state index contributed by atoms with van der Waals surface area (Å²) in [5, 5.41) is 3.46. The Balaban J connectivity index is 2.16. The van der Waals surface area contributed by atoms with Gasteiger partial charge in [-0.25, -0.2) is 0 Å². The van der Waals surface area contributed by atoms with Gasteiger partial charge in [0.2, 0.25) is 0 Å². The highest BCUT2D eigenvalue weighted by Gasteiger charge is 2.06. The van der Waals surface area contributed by atoms with Gasteiger partial charge in [-0.05, 0) is 55.0 Å². The quantitative estimate of drug-likeness (QED) is 0.855. The number of rotatable bonds is 2. The van der Waals surface area contributed by atoms with E-state index < -0.39 is 0 Å². The average molecular weight is 325 g/mol. The summed E-state index contributed by atoms with van der Waals surface area (Å²) in [6, 6.07) is 12.5. The smallest absolute Gasteiger partial charge is 0.255 e. The van der Waals surface area contributed by atoms with Gasteiger partial charge in [0.1, 0.15) is 0 Å². The normalized spacial score (nSPS) is 10.2. The molecule has 0 fully saturated rings. The highest BCUT2D eigenvalue weighted by atomic mass is 79.9. The summed E-state index contributed by atoms with van der Waals surface area (Å²) in [5.74, 6) is -0.145. The number of carbonyl (C=O) groups is 1. The first kappa shape index (κ1) is 13.1. The van der Waals surface area contributed by atoms with Crippen molar-refractivity contribution in [2.24, 2.45) is 0 Å². The first-order valence-electron chi connectivity index (χ1n) is 5.39. The zero-order chi connectivity index (χ0) is 13.1. The zero-order valence-electron chi connectivity index (χ0n) is 9.71. The van der Waals surface area contributed by atoms with Crippen LogP contribution >= 0.6 is 27.5 Å². The second kappa shape index (κ2) is 5.55. The minimum absolute atomic E-state index is 0.145. The number of hydrogen-bond acceptors (Lipinski definition) is 1. The first-order chi connectivity index (χ1) is 8.56. The lowest BCUT2D eigenvalue weighted by molar-refractivity contribution is 0.102. The van der Waals surface area contributed by atoms with Crippen molar-refractivity contribution in [3.05, 3.63) is 63.1 Å². The molecule has 0 aromatic heterocycles. The Morgan fingerprint density at radius 3 is 2.44 bits per heavy atom. The van der Waals surface area contributed by atoms with Crippen LogP contribution in [0.5, 0.6) is 0 Å². The maximum Gasteiger partial charge on any atom is 0.255 e. The predicted molar refractivity (Wildman–Crippen MR) is 78.3 cm³/mol. The molecule has 0 bridgehead atoms. The van der Waals surface area contributed by atoms with E-state index in [2.05, 4.69) is 21.2 Å². The van der Waals surface area contributed by atoms with Gasteiger partial charge in [0.05, 0.1) is 0 Å². The molecule has 4 heteroatoms. The number of benzene rings is 2. The standard InChI is InChI=1S/C14H11BrClNO/c1-9-8-12(6-7-13(9)15)17-14(18)10-2-4-11(16)5-3-10/h2-8H,1H3,(H,17,18). The van der Waals surface area contributed by atoms with E-state index >= 15 is 0 Å². The fraction of sp³-hybridized carbons (Fsp3) is 0.0714. The monoisotopic (exact) mass is 323 g/mol. The van der Waals surface area contributed by atoms with Gasteiger partial charge in [-0.1, -0.05) is 27.5 Å². The van der Waals surface area contributed by atoms with Crippen molar-refractivity contribution >= 4 is 39.1 Å². The number of anilines is 1. The Bertz CT molecular complexity index is 581. The average Bonchev–Trinajstić information content (AvgIpc) is 2.34. The third-order valence-electron chi connectivity index (χ3n) is 2.52. The fourth-order valence-corrected chi connectivity index (χ4v) is 1.90. The van der Waals surface area contributed by atoms with Crippen LogP contribution in [0.1, 0.15) is 15.9 Å². The van der Waals surface area contributed by atoms with Gasteiger partial charge in [0, 0.05) is 20.7 Å². The summed E-state index contributed by atoms with van der Waals surface area (Å²) in [6.07, 6.45) is 0. The third-order valence-corrected chi connectivity index (χ3v) is 3.66. The molecule has 0 spiro atoms. The molecule has 0 aliphatic heterocycles. The lowest BCUT2D eigenvalue weighted by Crippen LogP contribution is -2.11. The molecule has 1 N–H and O–H groups in total. The van der Waals surface area contributed by atoms with Gasteiger partial charge in [0.15, 0.2) is 0 Å². The minimum atomic E-state index is -0.145. The summed E-state index contributed by atoms with van der Waals surface area (Å²) in [6.45, 7) is 1.97. The predicted octanol–water partition coefficient (Wildman–Crippen LogP) is 4.66. The van der Waals surface area contributed by atoms with Crippen LogP contribution in [-0.4, -0.2) is 5.91 Å². The molecule has 0 unspecified atom stereocenters. The van der Waals surface area contributed by atoms with Crippen LogP contribution in [-0.2, 0) is 0 Å². The maximum absolute atomic E-state index is 12.0. The van der Waals surface area contributed by atoms with E-state index in [0.717, 1.165) is 15.7 Å². The van der Waals surface area contributed by atoms with Gasteiger partial charge in [0.25, 0.3) is 5.91 Å². The molecule has 0 aliphatic carbocycles. The molecule has 0 aliphatic rings. The van der Waals surface area contributed by atoms with Gasteiger partial charge < -0.3 is 5.32 Å². The maximum atomic E-state index is 12.0. The molecule has 0 saturated carbocycles. The molecule has 18 heavy (non-hydrogen) atoms. The number of nitrogens with one attached hydrogen (secondary N) is 1. The summed E-state index contributed by atoms with van der Waals surface area (Å²) in [7, 11) is 0. The van der Waals surface area contributed by atoms with Crippen molar-refractivity contribution in [1.29, 1.82) is 0 Å². The van der Waals surface area contributed by atoms with Gasteiger partial charge in [-0.3, -0.25) is 4.79 Å².